The number of benzene rings is 1. The van der Waals surface area contributed by atoms with E-state index in [1.807, 2.05) is 4.90 Å². The minimum absolute atomic E-state index is 0.152. The van der Waals surface area contributed by atoms with Gasteiger partial charge in [-0.1, -0.05) is 23.1 Å². The number of nitrogens with zero attached hydrogens (tertiary/aromatic N) is 3. The van der Waals surface area contributed by atoms with Crippen molar-refractivity contribution in [3.8, 4) is 5.69 Å². The molecule has 2 heterocycles. The lowest BCUT2D eigenvalue weighted by molar-refractivity contribution is -0.134. The zero-order chi connectivity index (χ0) is 18.0. The third-order valence-electron chi connectivity index (χ3n) is 4.40. The first-order valence-corrected chi connectivity index (χ1v) is 10.5. The second-order valence-corrected chi connectivity index (χ2v) is 9.09. The van der Waals surface area contributed by atoms with E-state index >= 15 is 0 Å². The second kappa shape index (κ2) is 7.97. The molecular weight excluding hydrogens is 377 g/mol. The summed E-state index contributed by atoms with van der Waals surface area (Å²) in [6, 6.07) is 6.64. The van der Waals surface area contributed by atoms with Gasteiger partial charge in [0, 0.05) is 12.1 Å². The maximum absolute atomic E-state index is 13.1. The Bertz CT molecular complexity index is 792. The molecule has 25 heavy (non-hydrogen) atoms. The predicted molar refractivity (Wildman–Crippen MR) is 103 cm³/mol. The van der Waals surface area contributed by atoms with E-state index < -0.39 is 0 Å². The van der Waals surface area contributed by atoms with Crippen LogP contribution in [0.3, 0.4) is 0 Å². The highest BCUT2D eigenvalue weighted by Gasteiger charge is 2.28. The largest absolute Gasteiger partial charge is 0.337 e. The number of thioether (sulfide) groups is 1. The molecular formula is C17H20FN3OS3. The van der Waals surface area contributed by atoms with Gasteiger partial charge in [-0.25, -0.2) is 9.07 Å². The summed E-state index contributed by atoms with van der Waals surface area (Å²) in [6.45, 7) is 4.23. The molecule has 1 amide bonds. The van der Waals surface area contributed by atoms with Gasteiger partial charge < -0.3 is 4.90 Å². The first kappa shape index (κ1) is 18.5. The van der Waals surface area contributed by atoms with Crippen LogP contribution in [0.4, 0.5) is 4.39 Å². The molecule has 2 atom stereocenters. The SMILES string of the molecule is C[C@H]1CCC[C@H](C)N1C(=O)CSc1nn(-c2ccc(F)cc2)c(=S)s1. The zero-order valence-electron chi connectivity index (χ0n) is 14.1. The molecule has 134 valence electrons. The lowest BCUT2D eigenvalue weighted by Crippen LogP contribution is -2.48. The van der Waals surface area contributed by atoms with Crippen LogP contribution in [0.25, 0.3) is 5.69 Å². The fourth-order valence-corrected chi connectivity index (χ4v) is 5.41. The number of rotatable bonds is 4. The molecule has 2 aromatic rings. The lowest BCUT2D eigenvalue weighted by Gasteiger charge is -2.39. The number of hydrogen-bond acceptors (Lipinski definition) is 5. The molecule has 1 aliphatic heterocycles. The second-order valence-electron chi connectivity index (χ2n) is 6.24. The summed E-state index contributed by atoms with van der Waals surface area (Å²) in [4.78, 5) is 14.6. The molecule has 0 N–H and O–H groups in total. The number of piperidine rings is 1. The molecule has 1 aromatic carbocycles. The number of carbonyl (C=O) groups excluding carboxylic acids is 1. The van der Waals surface area contributed by atoms with Gasteiger partial charge in [0.1, 0.15) is 5.82 Å². The lowest BCUT2D eigenvalue weighted by atomic mass is 9.98. The number of amides is 1. The van der Waals surface area contributed by atoms with Gasteiger partial charge in [0.25, 0.3) is 0 Å². The van der Waals surface area contributed by atoms with E-state index in [4.69, 9.17) is 12.2 Å². The van der Waals surface area contributed by atoms with Crippen LogP contribution in [-0.4, -0.2) is 38.4 Å². The van der Waals surface area contributed by atoms with Gasteiger partial charge >= 0.3 is 0 Å². The first-order valence-electron chi connectivity index (χ1n) is 8.26. The Morgan fingerprint density at radius 3 is 2.60 bits per heavy atom. The minimum atomic E-state index is -0.296. The highest BCUT2D eigenvalue weighted by molar-refractivity contribution is 8.01. The summed E-state index contributed by atoms with van der Waals surface area (Å²) in [6.07, 6.45) is 3.32. The highest BCUT2D eigenvalue weighted by Crippen LogP contribution is 2.27. The van der Waals surface area contributed by atoms with E-state index in [0.717, 1.165) is 22.9 Å². The molecule has 0 spiro atoms. The van der Waals surface area contributed by atoms with E-state index in [1.165, 1.54) is 41.7 Å². The Balaban J connectivity index is 1.68. The van der Waals surface area contributed by atoms with Gasteiger partial charge in [0.15, 0.2) is 8.29 Å². The first-order chi connectivity index (χ1) is 12.0. The quantitative estimate of drug-likeness (QED) is 0.554. The fourth-order valence-electron chi connectivity index (χ4n) is 3.18. The molecule has 0 unspecified atom stereocenters. The molecule has 1 aromatic heterocycles. The third kappa shape index (κ3) is 4.30. The van der Waals surface area contributed by atoms with Crippen LogP contribution in [0.15, 0.2) is 28.6 Å². The van der Waals surface area contributed by atoms with Crippen molar-refractivity contribution >= 4 is 41.2 Å². The van der Waals surface area contributed by atoms with E-state index in [1.54, 1.807) is 16.8 Å². The van der Waals surface area contributed by atoms with Crippen LogP contribution in [0, 0.1) is 9.77 Å². The number of carbonyl (C=O) groups is 1. The molecule has 0 radical (unpaired) electrons. The zero-order valence-corrected chi connectivity index (χ0v) is 16.6. The molecule has 0 aliphatic carbocycles. The van der Waals surface area contributed by atoms with Crippen LogP contribution >= 0.6 is 35.3 Å². The van der Waals surface area contributed by atoms with Crippen molar-refractivity contribution in [3.05, 3.63) is 34.0 Å². The molecule has 0 bridgehead atoms. The Kier molecular flexibility index (Phi) is 5.91. The maximum Gasteiger partial charge on any atom is 0.233 e. The van der Waals surface area contributed by atoms with Crippen molar-refractivity contribution in [2.75, 3.05) is 5.75 Å². The van der Waals surface area contributed by atoms with Gasteiger partial charge in [-0.15, -0.1) is 5.10 Å². The molecule has 4 nitrogen and oxygen atoms in total. The molecule has 0 saturated carbocycles. The number of aromatic nitrogens is 2. The van der Waals surface area contributed by atoms with Crippen molar-refractivity contribution in [1.82, 2.24) is 14.7 Å². The van der Waals surface area contributed by atoms with E-state index in [-0.39, 0.29) is 11.7 Å². The Labute approximate surface area is 160 Å². The topological polar surface area (TPSA) is 38.1 Å². The smallest absolute Gasteiger partial charge is 0.233 e. The van der Waals surface area contributed by atoms with Crippen molar-refractivity contribution in [1.29, 1.82) is 0 Å². The van der Waals surface area contributed by atoms with Crippen molar-refractivity contribution < 1.29 is 9.18 Å². The third-order valence-corrected chi connectivity index (χ3v) is 6.75. The van der Waals surface area contributed by atoms with Crippen LogP contribution in [0.2, 0.25) is 0 Å². The average molecular weight is 398 g/mol. The van der Waals surface area contributed by atoms with Crippen LogP contribution in [-0.2, 0) is 4.79 Å². The van der Waals surface area contributed by atoms with Gasteiger partial charge in [0.05, 0.1) is 11.4 Å². The maximum atomic E-state index is 13.1. The summed E-state index contributed by atoms with van der Waals surface area (Å²) in [5.41, 5.74) is 0.721. The van der Waals surface area contributed by atoms with Gasteiger partial charge in [-0.2, -0.15) is 0 Å². The normalized spacial score (nSPS) is 20.7. The summed E-state index contributed by atoms with van der Waals surface area (Å²) in [5.74, 6) is 0.218. The fraction of sp³-hybridized carbons (Fsp3) is 0.471. The Morgan fingerprint density at radius 2 is 1.96 bits per heavy atom. The van der Waals surface area contributed by atoms with Crippen LogP contribution < -0.4 is 0 Å². The molecule has 1 fully saturated rings. The monoisotopic (exact) mass is 397 g/mol. The van der Waals surface area contributed by atoms with Crippen LogP contribution in [0.1, 0.15) is 33.1 Å². The minimum Gasteiger partial charge on any atom is -0.337 e. The van der Waals surface area contributed by atoms with Gasteiger partial charge in [-0.05, 0) is 69.6 Å². The van der Waals surface area contributed by atoms with Crippen molar-refractivity contribution in [2.24, 2.45) is 0 Å². The van der Waals surface area contributed by atoms with Crippen molar-refractivity contribution in [3.63, 3.8) is 0 Å². The van der Waals surface area contributed by atoms with E-state index in [9.17, 15) is 9.18 Å². The predicted octanol–water partition coefficient (Wildman–Crippen LogP) is 4.68. The summed E-state index contributed by atoms with van der Waals surface area (Å²) in [5, 5.41) is 4.47. The summed E-state index contributed by atoms with van der Waals surface area (Å²) in [7, 11) is 0. The molecule has 8 heteroatoms. The number of hydrogen-bond donors (Lipinski definition) is 0. The molecule has 1 aliphatic rings. The highest BCUT2D eigenvalue weighted by atomic mass is 32.2. The van der Waals surface area contributed by atoms with E-state index in [0.29, 0.717) is 21.8 Å². The number of likely N-dealkylation sites (tertiary alicyclic amines) is 1. The van der Waals surface area contributed by atoms with Crippen molar-refractivity contribution in [2.45, 2.75) is 49.5 Å². The number of halogens is 1. The molecule has 1 saturated heterocycles. The Morgan fingerprint density at radius 1 is 1.32 bits per heavy atom. The van der Waals surface area contributed by atoms with Gasteiger partial charge in [-0.3, -0.25) is 4.79 Å². The van der Waals surface area contributed by atoms with Gasteiger partial charge in [0.2, 0.25) is 5.91 Å². The summed E-state index contributed by atoms with van der Waals surface area (Å²) < 4.78 is 16.0. The molecule has 3 rings (SSSR count). The van der Waals surface area contributed by atoms with Crippen LogP contribution in [0.5, 0.6) is 0 Å². The Hall–Kier alpha value is -1.25. The van der Waals surface area contributed by atoms with E-state index in [2.05, 4.69) is 18.9 Å². The average Bonchev–Trinajstić information content (AvgIpc) is 2.94. The standard InChI is InChI=1S/C17H20FN3OS3/c1-11-4-3-5-12(2)20(11)15(22)10-24-16-19-21(17(23)25-16)14-8-6-13(18)7-9-14/h6-9,11-12H,3-5,10H2,1-2H3/t11-,12-/m0/s1. The summed E-state index contributed by atoms with van der Waals surface area (Å²) >= 11 is 8.13.